The molecule has 0 amide bonds. The minimum absolute atomic E-state index is 0.168. The summed E-state index contributed by atoms with van der Waals surface area (Å²) in [5.74, 6) is 0. The summed E-state index contributed by atoms with van der Waals surface area (Å²) >= 11 is 0. The van der Waals surface area contributed by atoms with Gasteiger partial charge in [-0.2, -0.15) is 0 Å². The molecule has 0 aromatic heterocycles. The predicted molar refractivity (Wildman–Crippen MR) is 65.2 cm³/mol. The van der Waals surface area contributed by atoms with Crippen molar-refractivity contribution < 1.29 is 23.4 Å². The van der Waals surface area contributed by atoms with Crippen LogP contribution in [0.5, 0.6) is 0 Å². The van der Waals surface area contributed by atoms with Crippen LogP contribution >= 0.6 is 0 Å². The average Bonchev–Trinajstić information content (AvgIpc) is 3.00. The van der Waals surface area contributed by atoms with Crippen LogP contribution in [0.15, 0.2) is 29.2 Å². The first-order valence-corrected chi connectivity index (χ1v) is 6.80. The van der Waals surface area contributed by atoms with Crippen molar-refractivity contribution in [3.63, 3.8) is 0 Å². The van der Waals surface area contributed by atoms with E-state index in [1.54, 1.807) is 12.1 Å². The third kappa shape index (κ3) is 5.15. The van der Waals surface area contributed by atoms with E-state index in [1.807, 2.05) is 19.1 Å². The summed E-state index contributed by atoms with van der Waals surface area (Å²) in [5.41, 5.74) is 1.07. The number of sulfonamides is 1. The van der Waals surface area contributed by atoms with Gasteiger partial charge in [0.2, 0.25) is 10.0 Å². The van der Waals surface area contributed by atoms with Crippen molar-refractivity contribution in [2.75, 3.05) is 0 Å². The normalized spacial score (nSPS) is 14.5. The lowest BCUT2D eigenvalue weighted by atomic mass is 10.2. The van der Waals surface area contributed by atoms with Crippen LogP contribution in [0, 0.1) is 6.92 Å². The van der Waals surface area contributed by atoms with E-state index in [4.69, 9.17) is 15.0 Å². The highest BCUT2D eigenvalue weighted by Crippen LogP contribution is 2.22. The number of hydrogen-bond acceptors (Lipinski definition) is 3. The molecule has 1 aromatic rings. The lowest BCUT2D eigenvalue weighted by Gasteiger charge is -2.04. The van der Waals surface area contributed by atoms with Gasteiger partial charge in [0.25, 0.3) is 0 Å². The minimum atomic E-state index is -3.26. The van der Waals surface area contributed by atoms with E-state index in [-0.39, 0.29) is 6.04 Å². The maximum absolute atomic E-state index is 11.7. The Labute approximate surface area is 105 Å². The van der Waals surface area contributed by atoms with Gasteiger partial charge in [-0.25, -0.2) is 17.9 Å². The van der Waals surface area contributed by atoms with Crippen LogP contribution < -0.4 is 4.72 Å². The lowest BCUT2D eigenvalue weighted by Crippen LogP contribution is -2.25. The van der Waals surface area contributed by atoms with Crippen molar-refractivity contribution in [1.29, 1.82) is 0 Å². The van der Waals surface area contributed by atoms with Gasteiger partial charge in [0.1, 0.15) is 0 Å². The molecule has 1 fully saturated rings. The minimum Gasteiger partial charge on any atom is -0.450 e. The molecule has 7 heteroatoms. The Balaban J connectivity index is 0.000000357. The second kappa shape index (κ2) is 5.83. The first-order chi connectivity index (χ1) is 8.31. The molecular formula is C11H15NO5S. The Morgan fingerprint density at radius 2 is 1.67 bits per heavy atom. The van der Waals surface area contributed by atoms with Gasteiger partial charge < -0.3 is 10.2 Å². The molecule has 0 heterocycles. The van der Waals surface area contributed by atoms with E-state index in [9.17, 15) is 8.42 Å². The van der Waals surface area contributed by atoms with Crippen LogP contribution in [0.4, 0.5) is 4.79 Å². The Morgan fingerprint density at radius 1 is 1.22 bits per heavy atom. The van der Waals surface area contributed by atoms with E-state index in [0.29, 0.717) is 4.90 Å². The number of rotatable bonds is 3. The quantitative estimate of drug-likeness (QED) is 0.777. The zero-order chi connectivity index (χ0) is 13.8. The molecule has 100 valence electrons. The Bertz CT molecular complexity index is 501. The summed E-state index contributed by atoms with van der Waals surface area (Å²) < 4.78 is 26.0. The highest BCUT2D eigenvalue weighted by Gasteiger charge is 2.27. The number of nitrogens with one attached hydrogen (secondary N) is 1. The number of hydrogen-bond donors (Lipinski definition) is 3. The first-order valence-electron chi connectivity index (χ1n) is 5.32. The van der Waals surface area contributed by atoms with E-state index < -0.39 is 16.2 Å². The SMILES string of the molecule is Cc1ccc(S(=O)(=O)NC2CC2)cc1.O=C(O)O. The molecule has 1 saturated carbocycles. The van der Waals surface area contributed by atoms with Crippen LogP contribution in [-0.4, -0.2) is 30.8 Å². The monoisotopic (exact) mass is 273 g/mol. The molecule has 18 heavy (non-hydrogen) atoms. The first kappa shape index (κ1) is 14.5. The standard InChI is InChI=1S/C10H13NO2S.CH2O3/c1-8-2-6-10(7-3-8)14(12,13)11-9-4-5-9;2-1(3)4/h2-3,6-7,9,11H,4-5H2,1H3;(H2,2,3,4). The van der Waals surface area contributed by atoms with Crippen LogP contribution in [0.25, 0.3) is 0 Å². The topological polar surface area (TPSA) is 104 Å². The molecule has 2 rings (SSSR count). The zero-order valence-electron chi connectivity index (χ0n) is 9.83. The van der Waals surface area contributed by atoms with Crippen molar-refractivity contribution in [2.24, 2.45) is 0 Å². The molecule has 0 spiro atoms. The van der Waals surface area contributed by atoms with Crippen LogP contribution in [0.1, 0.15) is 18.4 Å². The van der Waals surface area contributed by atoms with Gasteiger partial charge in [-0.1, -0.05) is 17.7 Å². The summed E-state index contributed by atoms with van der Waals surface area (Å²) in [7, 11) is -3.26. The fourth-order valence-electron chi connectivity index (χ4n) is 1.21. The van der Waals surface area contributed by atoms with Gasteiger partial charge in [0.15, 0.2) is 0 Å². The largest absolute Gasteiger partial charge is 0.503 e. The van der Waals surface area contributed by atoms with Crippen molar-refractivity contribution in [3.8, 4) is 0 Å². The maximum Gasteiger partial charge on any atom is 0.503 e. The lowest BCUT2D eigenvalue weighted by molar-refractivity contribution is 0.137. The predicted octanol–water partition coefficient (Wildman–Crippen LogP) is 1.66. The summed E-state index contributed by atoms with van der Waals surface area (Å²) in [5, 5.41) is 13.9. The third-order valence-corrected chi connectivity index (χ3v) is 3.77. The highest BCUT2D eigenvalue weighted by atomic mass is 32.2. The molecule has 1 aliphatic rings. The van der Waals surface area contributed by atoms with E-state index >= 15 is 0 Å². The summed E-state index contributed by atoms with van der Waals surface area (Å²) in [4.78, 5) is 8.91. The fraction of sp³-hybridized carbons (Fsp3) is 0.364. The molecule has 0 radical (unpaired) electrons. The molecule has 1 aliphatic carbocycles. The van der Waals surface area contributed by atoms with Crippen molar-refractivity contribution in [1.82, 2.24) is 4.72 Å². The zero-order valence-corrected chi connectivity index (χ0v) is 10.6. The van der Waals surface area contributed by atoms with Crippen LogP contribution in [0.2, 0.25) is 0 Å². The van der Waals surface area contributed by atoms with Crippen molar-refractivity contribution in [3.05, 3.63) is 29.8 Å². The fourth-order valence-corrected chi connectivity index (χ4v) is 2.51. The molecule has 0 bridgehead atoms. The number of carbonyl (C=O) groups is 1. The Hall–Kier alpha value is -1.60. The molecule has 3 N–H and O–H groups in total. The van der Waals surface area contributed by atoms with Gasteiger partial charge in [-0.3, -0.25) is 0 Å². The Kier molecular flexibility index (Phi) is 4.69. The van der Waals surface area contributed by atoms with Gasteiger partial charge in [0.05, 0.1) is 4.90 Å². The maximum atomic E-state index is 11.7. The summed E-state index contributed by atoms with van der Waals surface area (Å²) in [6.45, 7) is 1.94. The van der Waals surface area contributed by atoms with Crippen LogP contribution in [0.3, 0.4) is 0 Å². The number of carboxylic acid groups (broad SMARTS) is 2. The molecule has 0 atom stereocenters. The second-order valence-corrected chi connectivity index (χ2v) is 5.71. The van der Waals surface area contributed by atoms with Crippen molar-refractivity contribution in [2.45, 2.75) is 30.7 Å². The van der Waals surface area contributed by atoms with E-state index in [0.717, 1.165) is 18.4 Å². The molecule has 1 aromatic carbocycles. The van der Waals surface area contributed by atoms with Crippen LogP contribution in [-0.2, 0) is 10.0 Å². The summed E-state index contributed by atoms with van der Waals surface area (Å²) in [6.07, 6.45) is 0.0934. The highest BCUT2D eigenvalue weighted by molar-refractivity contribution is 7.89. The second-order valence-electron chi connectivity index (χ2n) is 3.99. The smallest absolute Gasteiger partial charge is 0.450 e. The van der Waals surface area contributed by atoms with Crippen molar-refractivity contribution >= 4 is 16.2 Å². The summed E-state index contributed by atoms with van der Waals surface area (Å²) in [6, 6.07) is 7.06. The third-order valence-electron chi connectivity index (χ3n) is 2.23. The molecule has 0 aliphatic heterocycles. The van der Waals surface area contributed by atoms with E-state index in [1.165, 1.54) is 0 Å². The average molecular weight is 273 g/mol. The number of aryl methyl sites for hydroxylation is 1. The molecule has 6 nitrogen and oxygen atoms in total. The molecular weight excluding hydrogens is 258 g/mol. The van der Waals surface area contributed by atoms with Gasteiger partial charge in [-0.15, -0.1) is 0 Å². The van der Waals surface area contributed by atoms with Gasteiger partial charge in [0, 0.05) is 6.04 Å². The Morgan fingerprint density at radius 3 is 2.06 bits per heavy atom. The van der Waals surface area contributed by atoms with Gasteiger partial charge >= 0.3 is 6.16 Å². The number of benzene rings is 1. The molecule has 0 unspecified atom stereocenters. The van der Waals surface area contributed by atoms with E-state index in [2.05, 4.69) is 4.72 Å². The molecule has 0 saturated heterocycles. The van der Waals surface area contributed by atoms with Gasteiger partial charge in [-0.05, 0) is 31.9 Å².